The first kappa shape index (κ1) is 28.7. The third-order valence-electron chi connectivity index (χ3n) is 10.2. The Bertz CT molecular complexity index is 948. The van der Waals surface area contributed by atoms with Crippen molar-refractivity contribution >= 4 is 23.7 Å². The van der Waals surface area contributed by atoms with Gasteiger partial charge in [-0.05, 0) is 81.3 Å². The molecule has 0 radical (unpaired) electrons. The highest BCUT2D eigenvalue weighted by Crippen LogP contribution is 2.66. The summed E-state index contributed by atoms with van der Waals surface area (Å²) in [6.45, 7) is 14.0. The molecule has 37 heavy (non-hydrogen) atoms. The van der Waals surface area contributed by atoms with Gasteiger partial charge in [0.1, 0.15) is 12.2 Å². The van der Waals surface area contributed by atoms with Gasteiger partial charge < -0.3 is 14.6 Å². The number of allylic oxidation sites excluding steroid dienone is 3. The van der Waals surface area contributed by atoms with Gasteiger partial charge in [0, 0.05) is 37.4 Å². The van der Waals surface area contributed by atoms with E-state index in [4.69, 9.17) is 9.47 Å². The maximum absolute atomic E-state index is 12.2. The first-order chi connectivity index (χ1) is 17.3. The molecule has 0 saturated heterocycles. The van der Waals surface area contributed by atoms with Crippen molar-refractivity contribution in [3.63, 3.8) is 0 Å². The maximum atomic E-state index is 12.2. The van der Waals surface area contributed by atoms with E-state index in [0.717, 1.165) is 31.4 Å². The maximum Gasteiger partial charge on any atom is 0.302 e. The first-order valence-corrected chi connectivity index (χ1v) is 15.4. The van der Waals surface area contributed by atoms with Gasteiger partial charge in [-0.1, -0.05) is 44.1 Å². The quantitative estimate of drug-likeness (QED) is 0.279. The SMILES string of the molecule is CC(=O)O[C@@H]1CC2=CC=C3[C@@H]4CC[C@H](C(C)SCCCC(C)(C)O)[C@@]4(C)CC[C@@H]3[C@@]2(C)[C@@H](OC(C)=O)C1. The molecule has 208 valence electrons. The topological polar surface area (TPSA) is 72.8 Å². The Morgan fingerprint density at radius 3 is 2.46 bits per heavy atom. The zero-order chi connectivity index (χ0) is 27.2. The van der Waals surface area contributed by atoms with Crippen molar-refractivity contribution in [3.05, 3.63) is 23.3 Å². The minimum absolute atomic E-state index is 0.241. The molecule has 4 aliphatic rings. The molecule has 4 rings (SSSR count). The van der Waals surface area contributed by atoms with Crippen LogP contribution in [0.15, 0.2) is 23.3 Å². The fourth-order valence-electron chi connectivity index (χ4n) is 8.40. The number of aliphatic hydroxyl groups is 1. The number of fused-ring (bicyclic) bond motifs is 5. The second-order valence-electron chi connectivity index (χ2n) is 13.2. The number of carbonyl (C=O) groups excluding carboxylic acids is 2. The molecule has 0 heterocycles. The van der Waals surface area contributed by atoms with Gasteiger partial charge in [-0.15, -0.1) is 0 Å². The Labute approximate surface area is 228 Å². The minimum atomic E-state index is -0.580. The van der Waals surface area contributed by atoms with E-state index in [-0.39, 0.29) is 29.6 Å². The summed E-state index contributed by atoms with van der Waals surface area (Å²) in [5, 5.41) is 10.7. The second kappa shape index (κ2) is 10.7. The molecule has 8 atom stereocenters. The summed E-state index contributed by atoms with van der Waals surface area (Å²) in [6, 6.07) is 0. The molecule has 1 N–H and O–H groups in total. The molecule has 0 aromatic heterocycles. The van der Waals surface area contributed by atoms with Gasteiger partial charge in [-0.3, -0.25) is 9.59 Å². The minimum Gasteiger partial charge on any atom is -0.462 e. The first-order valence-electron chi connectivity index (χ1n) is 14.3. The molecule has 0 amide bonds. The summed E-state index contributed by atoms with van der Waals surface area (Å²) < 4.78 is 11.6. The van der Waals surface area contributed by atoms with Gasteiger partial charge in [0.2, 0.25) is 0 Å². The third-order valence-corrected chi connectivity index (χ3v) is 11.6. The Morgan fingerprint density at radius 2 is 1.81 bits per heavy atom. The summed E-state index contributed by atoms with van der Waals surface area (Å²) in [4.78, 5) is 23.9. The molecule has 0 aromatic rings. The predicted octanol–water partition coefficient (Wildman–Crippen LogP) is 6.63. The van der Waals surface area contributed by atoms with Crippen LogP contribution in [0.4, 0.5) is 0 Å². The van der Waals surface area contributed by atoms with Crippen molar-refractivity contribution in [1.29, 1.82) is 0 Å². The van der Waals surface area contributed by atoms with Gasteiger partial charge in [0.15, 0.2) is 0 Å². The van der Waals surface area contributed by atoms with Crippen LogP contribution < -0.4 is 0 Å². The van der Waals surface area contributed by atoms with E-state index >= 15 is 0 Å². The van der Waals surface area contributed by atoms with Gasteiger partial charge in [0.25, 0.3) is 0 Å². The average molecular weight is 533 g/mol. The highest BCUT2D eigenvalue weighted by Gasteiger charge is 2.60. The van der Waals surface area contributed by atoms with Crippen molar-refractivity contribution in [3.8, 4) is 0 Å². The standard InChI is InChI=1S/C31H48O5S/c1-19(37-16-8-14-29(4,5)34)25-11-12-26-24-10-9-22-17-23(35-20(2)32)18-28(36-21(3)33)31(22,7)27(24)13-15-30(25,26)6/h9-10,19,23,25-28,34H,8,11-18H2,1-7H3/t19?,23-,25-,26+,27+,28+,30-,31+/m1/s1. The van der Waals surface area contributed by atoms with Crippen LogP contribution in [0.1, 0.15) is 99.8 Å². The molecule has 4 aliphatic carbocycles. The number of hydrogen-bond acceptors (Lipinski definition) is 6. The van der Waals surface area contributed by atoms with Crippen LogP contribution in [0.2, 0.25) is 0 Å². The molecule has 6 heteroatoms. The Kier molecular flexibility index (Phi) is 8.32. The van der Waals surface area contributed by atoms with Crippen molar-refractivity contribution in [2.45, 2.75) is 123 Å². The van der Waals surface area contributed by atoms with E-state index in [9.17, 15) is 14.7 Å². The molecule has 3 fully saturated rings. The Hall–Kier alpha value is -1.27. The fraction of sp³-hybridized carbons (Fsp3) is 0.806. The van der Waals surface area contributed by atoms with E-state index in [2.05, 4.69) is 44.7 Å². The number of esters is 2. The van der Waals surface area contributed by atoms with Crippen LogP contribution in [0.5, 0.6) is 0 Å². The van der Waals surface area contributed by atoms with Gasteiger partial charge in [0.05, 0.1) is 5.60 Å². The molecular weight excluding hydrogens is 484 g/mol. The lowest BCUT2D eigenvalue weighted by atomic mass is 9.49. The molecule has 0 aliphatic heterocycles. The van der Waals surface area contributed by atoms with Crippen molar-refractivity contribution in [2.24, 2.45) is 28.6 Å². The molecule has 0 spiro atoms. The lowest BCUT2D eigenvalue weighted by Gasteiger charge is -2.57. The van der Waals surface area contributed by atoms with E-state index in [0.29, 0.717) is 34.8 Å². The van der Waals surface area contributed by atoms with Crippen LogP contribution in [0.3, 0.4) is 0 Å². The fourth-order valence-corrected chi connectivity index (χ4v) is 9.76. The van der Waals surface area contributed by atoms with Crippen molar-refractivity contribution in [1.82, 2.24) is 0 Å². The summed E-state index contributed by atoms with van der Waals surface area (Å²) in [6.07, 6.45) is 12.1. The summed E-state index contributed by atoms with van der Waals surface area (Å²) in [5.41, 5.74) is 2.29. The van der Waals surface area contributed by atoms with Crippen LogP contribution in [-0.4, -0.2) is 45.9 Å². The van der Waals surface area contributed by atoms with E-state index < -0.39 is 5.60 Å². The Balaban J connectivity index is 1.54. The molecular formula is C31H48O5S. The third kappa shape index (κ3) is 5.71. The lowest BCUT2D eigenvalue weighted by molar-refractivity contribution is -0.165. The van der Waals surface area contributed by atoms with Gasteiger partial charge >= 0.3 is 11.9 Å². The smallest absolute Gasteiger partial charge is 0.302 e. The Morgan fingerprint density at radius 1 is 1.11 bits per heavy atom. The summed E-state index contributed by atoms with van der Waals surface area (Å²) in [7, 11) is 0. The number of ether oxygens (including phenoxy) is 2. The van der Waals surface area contributed by atoms with Crippen LogP contribution in [-0.2, 0) is 19.1 Å². The van der Waals surface area contributed by atoms with Gasteiger partial charge in [-0.2, -0.15) is 11.8 Å². The summed E-state index contributed by atoms with van der Waals surface area (Å²) >= 11 is 2.09. The predicted molar refractivity (Wildman–Crippen MR) is 149 cm³/mol. The normalized spacial score (nSPS) is 37.9. The molecule has 5 nitrogen and oxygen atoms in total. The van der Waals surface area contributed by atoms with Crippen LogP contribution in [0, 0.1) is 28.6 Å². The van der Waals surface area contributed by atoms with Crippen LogP contribution >= 0.6 is 11.8 Å². The van der Waals surface area contributed by atoms with E-state index in [1.807, 2.05) is 13.8 Å². The molecule has 0 bridgehead atoms. The highest BCUT2D eigenvalue weighted by atomic mass is 32.2. The highest BCUT2D eigenvalue weighted by molar-refractivity contribution is 7.99. The molecule has 0 aromatic carbocycles. The van der Waals surface area contributed by atoms with Crippen molar-refractivity contribution < 1.29 is 24.2 Å². The zero-order valence-electron chi connectivity index (χ0n) is 24.0. The van der Waals surface area contributed by atoms with Crippen molar-refractivity contribution in [2.75, 3.05) is 5.75 Å². The molecule has 1 unspecified atom stereocenters. The zero-order valence-corrected chi connectivity index (χ0v) is 24.8. The second-order valence-corrected chi connectivity index (χ2v) is 14.7. The number of rotatable bonds is 8. The number of thioether (sulfide) groups is 1. The monoisotopic (exact) mass is 532 g/mol. The van der Waals surface area contributed by atoms with Gasteiger partial charge in [-0.25, -0.2) is 0 Å². The number of carbonyl (C=O) groups is 2. The van der Waals surface area contributed by atoms with E-state index in [1.54, 1.807) is 5.57 Å². The molecule has 3 saturated carbocycles. The lowest BCUT2D eigenvalue weighted by Crippen LogP contribution is -2.54. The summed E-state index contributed by atoms with van der Waals surface area (Å²) in [5.74, 6) is 2.18. The average Bonchev–Trinajstić information content (AvgIpc) is 3.13. The van der Waals surface area contributed by atoms with E-state index in [1.165, 1.54) is 38.7 Å². The largest absolute Gasteiger partial charge is 0.462 e. The van der Waals surface area contributed by atoms with Crippen LogP contribution in [0.25, 0.3) is 0 Å². The number of hydrogen-bond donors (Lipinski definition) is 1.